The Morgan fingerprint density at radius 2 is 1.59 bits per heavy atom. The van der Waals surface area contributed by atoms with Crippen molar-refractivity contribution in [1.82, 2.24) is 19.2 Å². The monoisotopic (exact) mass is 492 g/mol. The molecule has 3 aromatic carbocycles. The highest BCUT2D eigenvalue weighted by Gasteiger charge is 2.28. The molecule has 1 atom stereocenters. The van der Waals surface area contributed by atoms with Crippen molar-refractivity contribution in [2.75, 3.05) is 13.1 Å². The van der Waals surface area contributed by atoms with E-state index in [0.29, 0.717) is 13.0 Å². The molecule has 1 aliphatic heterocycles. The summed E-state index contributed by atoms with van der Waals surface area (Å²) in [5.41, 5.74) is 5.14. The van der Waals surface area contributed by atoms with Crippen LogP contribution < -0.4 is 5.69 Å². The fourth-order valence-electron chi connectivity index (χ4n) is 4.99. The minimum absolute atomic E-state index is 0.0163. The third-order valence-corrected chi connectivity index (χ3v) is 6.95. The number of Topliss-reactive ketones (excluding diaryl/α,β-unsaturated/α-hetero) is 1. The van der Waals surface area contributed by atoms with Crippen molar-refractivity contribution in [2.24, 2.45) is 0 Å². The van der Waals surface area contributed by atoms with Crippen LogP contribution in [0.2, 0.25) is 0 Å². The maximum absolute atomic E-state index is 13.5. The summed E-state index contributed by atoms with van der Waals surface area (Å²) in [5.74, 6) is 0.214. The number of carbonyl (C=O) groups excluding carboxylic acids is 1. The molecule has 37 heavy (non-hydrogen) atoms. The molecular formula is C31H32N4O2. The minimum Gasteiger partial charge on any atom is -0.297 e. The number of hydrogen-bond acceptors (Lipinski definition) is 4. The van der Waals surface area contributed by atoms with Crippen molar-refractivity contribution in [3.63, 3.8) is 0 Å². The van der Waals surface area contributed by atoms with Gasteiger partial charge in [0.05, 0.1) is 17.8 Å². The van der Waals surface area contributed by atoms with Crippen LogP contribution in [0.25, 0.3) is 11.3 Å². The Balaban J connectivity index is 1.33. The van der Waals surface area contributed by atoms with E-state index in [1.165, 1.54) is 10.3 Å². The number of benzene rings is 3. The molecule has 188 valence electrons. The molecule has 1 aliphatic rings. The third-order valence-electron chi connectivity index (χ3n) is 6.95. The first-order valence-corrected chi connectivity index (χ1v) is 12.8. The van der Waals surface area contributed by atoms with Gasteiger partial charge in [-0.2, -0.15) is 5.10 Å². The lowest BCUT2D eigenvalue weighted by molar-refractivity contribution is -0.123. The summed E-state index contributed by atoms with van der Waals surface area (Å²) in [5, 5.41) is 4.22. The van der Waals surface area contributed by atoms with Gasteiger partial charge >= 0.3 is 5.69 Å². The molecule has 6 nitrogen and oxygen atoms in total. The Morgan fingerprint density at radius 3 is 2.19 bits per heavy atom. The maximum atomic E-state index is 13.5. The van der Waals surface area contributed by atoms with E-state index in [-0.39, 0.29) is 23.6 Å². The average molecular weight is 493 g/mol. The molecule has 1 unspecified atom stereocenters. The quantitative estimate of drug-likeness (QED) is 0.337. The van der Waals surface area contributed by atoms with Gasteiger partial charge in [0.2, 0.25) is 0 Å². The largest absolute Gasteiger partial charge is 0.350 e. The first kappa shape index (κ1) is 24.7. The number of carbonyl (C=O) groups is 1. The van der Waals surface area contributed by atoms with Crippen LogP contribution in [0.1, 0.15) is 49.0 Å². The van der Waals surface area contributed by atoms with Gasteiger partial charge in [0, 0.05) is 19.5 Å². The van der Waals surface area contributed by atoms with E-state index in [1.807, 2.05) is 74.5 Å². The van der Waals surface area contributed by atoms with E-state index in [9.17, 15) is 9.59 Å². The van der Waals surface area contributed by atoms with Crippen molar-refractivity contribution in [2.45, 2.75) is 38.8 Å². The Kier molecular flexibility index (Phi) is 7.28. The summed E-state index contributed by atoms with van der Waals surface area (Å²) in [6.45, 7) is 5.39. The molecule has 0 saturated carbocycles. The zero-order valence-corrected chi connectivity index (χ0v) is 21.3. The van der Waals surface area contributed by atoms with E-state index >= 15 is 0 Å². The number of rotatable bonds is 8. The number of aromatic nitrogens is 3. The second kappa shape index (κ2) is 10.9. The first-order valence-electron chi connectivity index (χ1n) is 12.8. The molecule has 6 heteroatoms. The van der Waals surface area contributed by atoms with E-state index in [1.54, 1.807) is 10.9 Å². The molecule has 0 fully saturated rings. The molecule has 5 rings (SSSR count). The van der Waals surface area contributed by atoms with Gasteiger partial charge in [-0.1, -0.05) is 78.9 Å². The second-order valence-electron chi connectivity index (χ2n) is 9.78. The van der Waals surface area contributed by atoms with E-state index in [0.717, 1.165) is 35.3 Å². The van der Waals surface area contributed by atoms with Crippen molar-refractivity contribution in [1.29, 1.82) is 0 Å². The fourth-order valence-corrected chi connectivity index (χ4v) is 4.99. The third kappa shape index (κ3) is 5.39. The number of hydrogen-bond donors (Lipinski definition) is 0. The van der Waals surface area contributed by atoms with Crippen molar-refractivity contribution in [3.8, 4) is 5.69 Å². The highest BCUT2D eigenvalue weighted by molar-refractivity contribution is 5.87. The molecule has 0 bridgehead atoms. The van der Waals surface area contributed by atoms with Crippen LogP contribution in [0.3, 0.4) is 0 Å². The lowest BCUT2D eigenvalue weighted by Crippen LogP contribution is -2.37. The molecule has 0 spiro atoms. The number of ketones is 1. The molecule has 0 aliphatic carbocycles. The molecule has 0 amide bonds. The van der Waals surface area contributed by atoms with Gasteiger partial charge in [-0.3, -0.25) is 9.69 Å². The zero-order valence-electron chi connectivity index (χ0n) is 21.3. The van der Waals surface area contributed by atoms with E-state index in [2.05, 4.69) is 40.3 Å². The molecule has 1 aromatic heterocycles. The van der Waals surface area contributed by atoms with E-state index < -0.39 is 0 Å². The van der Waals surface area contributed by atoms with Crippen LogP contribution in [0.5, 0.6) is 0 Å². The summed E-state index contributed by atoms with van der Waals surface area (Å²) in [6, 6.07) is 27.8. The SMILES string of the molecule is CC(C)n1ncn(-c2ccc(C3=CCN(C(C(=O)Cc4ccccc4)c4ccccc4)CC3)cc2)c1=O. The highest BCUT2D eigenvalue weighted by Crippen LogP contribution is 2.30. The summed E-state index contributed by atoms with van der Waals surface area (Å²) >= 11 is 0. The van der Waals surface area contributed by atoms with Crippen LogP contribution in [0.4, 0.5) is 0 Å². The van der Waals surface area contributed by atoms with Gasteiger partial charge in [-0.25, -0.2) is 14.0 Å². The van der Waals surface area contributed by atoms with Crippen LogP contribution in [-0.4, -0.2) is 38.1 Å². The van der Waals surface area contributed by atoms with Gasteiger partial charge in [0.25, 0.3) is 0 Å². The molecular weight excluding hydrogens is 460 g/mol. The smallest absolute Gasteiger partial charge is 0.297 e. The van der Waals surface area contributed by atoms with Gasteiger partial charge in [-0.15, -0.1) is 0 Å². The maximum Gasteiger partial charge on any atom is 0.350 e. The van der Waals surface area contributed by atoms with Gasteiger partial charge in [-0.05, 0) is 54.7 Å². The van der Waals surface area contributed by atoms with Gasteiger partial charge in [0.1, 0.15) is 6.33 Å². The topological polar surface area (TPSA) is 60.1 Å². The normalized spacial score (nSPS) is 14.9. The molecule has 2 heterocycles. The van der Waals surface area contributed by atoms with Crippen LogP contribution >= 0.6 is 0 Å². The van der Waals surface area contributed by atoms with Crippen molar-refractivity contribution < 1.29 is 4.79 Å². The molecule has 4 aromatic rings. The Morgan fingerprint density at radius 1 is 0.919 bits per heavy atom. The number of nitrogens with zero attached hydrogens (tertiary/aromatic N) is 4. The minimum atomic E-state index is -0.272. The summed E-state index contributed by atoms with van der Waals surface area (Å²) in [7, 11) is 0. The standard InChI is InChI=1S/C31H32N4O2/c1-23(2)35-31(37)34(22-32-35)28-15-13-25(14-16-28)26-17-19-33(20-18-26)30(27-11-7-4-8-12-27)29(36)21-24-9-5-3-6-10-24/h3-17,22-23,30H,18-21H2,1-2H3. The second-order valence-corrected chi connectivity index (χ2v) is 9.78. The first-order chi connectivity index (χ1) is 18.0. The average Bonchev–Trinajstić information content (AvgIpc) is 3.32. The Labute approximate surface area is 217 Å². The van der Waals surface area contributed by atoms with Crippen molar-refractivity contribution >= 4 is 11.4 Å². The van der Waals surface area contributed by atoms with E-state index in [4.69, 9.17) is 0 Å². The highest BCUT2D eigenvalue weighted by atomic mass is 16.2. The summed E-state index contributed by atoms with van der Waals surface area (Å²) < 4.78 is 3.05. The Hall–Kier alpha value is -4.03. The molecule has 0 saturated heterocycles. The van der Waals surface area contributed by atoms with Crippen LogP contribution in [-0.2, 0) is 11.2 Å². The summed E-state index contributed by atoms with van der Waals surface area (Å²) in [4.78, 5) is 28.4. The summed E-state index contributed by atoms with van der Waals surface area (Å²) in [6.07, 6.45) is 5.08. The van der Waals surface area contributed by atoms with Crippen LogP contribution in [0, 0.1) is 0 Å². The molecule has 0 radical (unpaired) electrons. The molecule has 0 N–H and O–H groups in total. The predicted octanol–water partition coefficient (Wildman–Crippen LogP) is 5.26. The lowest BCUT2D eigenvalue weighted by Gasteiger charge is -2.33. The van der Waals surface area contributed by atoms with Crippen LogP contribution in [0.15, 0.2) is 102 Å². The van der Waals surface area contributed by atoms with Gasteiger partial charge in [0.15, 0.2) is 5.78 Å². The van der Waals surface area contributed by atoms with Gasteiger partial charge < -0.3 is 0 Å². The fraction of sp³-hybridized carbons (Fsp3) is 0.258. The zero-order chi connectivity index (χ0) is 25.8. The Bertz CT molecular complexity index is 1430. The predicted molar refractivity (Wildman–Crippen MR) is 147 cm³/mol. The lowest BCUT2D eigenvalue weighted by atomic mass is 9.93. The van der Waals surface area contributed by atoms with Crippen molar-refractivity contribution in [3.05, 3.63) is 125 Å².